The fraction of sp³-hybridized carbons (Fsp3) is 0. The molecule has 0 heterocycles. The molecule has 20 heteroatoms. The van der Waals surface area contributed by atoms with Crippen LogP contribution in [-0.4, -0.2) is 103 Å². The minimum Gasteiger partial charge on any atom is -0.412 e. The van der Waals surface area contributed by atoms with Crippen molar-refractivity contribution in [3.05, 3.63) is 10.1 Å². The molecule has 20 heavy (non-hydrogen) atoms. The highest BCUT2D eigenvalue weighted by Crippen LogP contribution is 2.25. The smallest absolute Gasteiger partial charge is 0.412 e. The maximum atomic E-state index is 8.88. The van der Waals surface area contributed by atoms with Crippen LogP contribution in [-0.2, 0) is 4.57 Å². The van der Waals surface area contributed by atoms with Crippen LogP contribution in [0.3, 0.4) is 0 Å². The first-order valence-electron chi connectivity index (χ1n) is 1.35. The van der Waals surface area contributed by atoms with E-state index >= 15 is 0 Å². The first-order chi connectivity index (χ1) is 3.73. The number of hydrogen-bond acceptors (Lipinski definition) is 3. The lowest BCUT2D eigenvalue weighted by molar-refractivity contribution is -0.742. The van der Waals surface area contributed by atoms with Crippen LogP contribution < -0.4 is 0 Å². The van der Waals surface area contributed by atoms with Crippen molar-refractivity contribution in [2.75, 3.05) is 0 Å². The summed E-state index contributed by atoms with van der Waals surface area (Å²) in [6, 6.07) is 0. The summed E-state index contributed by atoms with van der Waals surface area (Å²) in [6.45, 7) is 0. The molecule has 0 aliphatic heterocycles. The zero-order valence-electron chi connectivity index (χ0n) is 8.91. The summed E-state index contributed by atoms with van der Waals surface area (Å²) >= 11 is 0. The highest BCUT2D eigenvalue weighted by atomic mass is 31.2. The third kappa shape index (κ3) is 46900. The van der Waals surface area contributed by atoms with Gasteiger partial charge in [0.15, 0.2) is 0 Å². The summed E-state index contributed by atoms with van der Waals surface area (Å²) < 4.78 is 8.88. The van der Waals surface area contributed by atoms with Gasteiger partial charge < -0.3 is 74.6 Å². The largest absolute Gasteiger partial charge is 0.466 e. The molecule has 0 saturated carbocycles. The van der Waals surface area contributed by atoms with Crippen LogP contribution in [0.25, 0.3) is 0 Å². The van der Waals surface area contributed by atoms with Gasteiger partial charge in [0.2, 0.25) is 0 Å². The molecule has 0 aliphatic rings. The van der Waals surface area contributed by atoms with Gasteiger partial charge in [-0.2, -0.15) is 0 Å². The Morgan fingerprint density at radius 2 is 0.700 bits per heavy atom. The third-order valence-electron chi connectivity index (χ3n) is 0. The number of hydrogen-bond donors (Lipinski definition) is 4. The van der Waals surface area contributed by atoms with Gasteiger partial charge in [0.1, 0.15) is 0 Å². The van der Waals surface area contributed by atoms with E-state index in [1.807, 2.05) is 0 Å². The van der Waals surface area contributed by atoms with Gasteiger partial charge >= 0.3 is 30.9 Å². The molecule has 0 amide bonds. The van der Waals surface area contributed by atoms with Crippen LogP contribution in [0.15, 0.2) is 0 Å². The number of phosphoric acid groups is 1. The van der Waals surface area contributed by atoms with Crippen molar-refractivity contribution in [1.29, 1.82) is 0 Å². The van der Waals surface area contributed by atoms with Gasteiger partial charge in [-0.3, -0.25) is 0 Å². The minimum atomic E-state index is -4.64. The van der Waals surface area contributed by atoms with Crippen LogP contribution in [0.1, 0.15) is 0 Å². The lowest BCUT2D eigenvalue weighted by Gasteiger charge is -1.82. The molecule has 0 unspecified atom stereocenters. The van der Waals surface area contributed by atoms with E-state index in [4.69, 9.17) is 34.6 Å². The normalized spacial score (nSPS) is 4.15. The quantitative estimate of drug-likeness (QED) is 0.138. The van der Waals surface area contributed by atoms with E-state index in [0.29, 0.717) is 0 Å². The van der Waals surface area contributed by atoms with Gasteiger partial charge in [0.25, 0.3) is 5.09 Å². The topological polar surface area (TPSA) is 456 Å². The number of nitrogens with zero attached hydrogens (tertiary/aromatic N) is 1. The van der Waals surface area contributed by atoms with E-state index in [1.165, 1.54) is 0 Å². The Labute approximate surface area is 126 Å². The van der Waals surface area contributed by atoms with Crippen molar-refractivity contribution in [2.45, 2.75) is 0 Å². The van der Waals surface area contributed by atoms with E-state index < -0.39 is 12.9 Å². The van der Waals surface area contributed by atoms with Crippen molar-refractivity contribution in [3.8, 4) is 0 Å². The molecule has 0 aromatic carbocycles. The highest BCUT2D eigenvalue weighted by molar-refractivity contribution is 7.45. The first kappa shape index (κ1) is 154. The van der Waals surface area contributed by atoms with Crippen LogP contribution in [0.4, 0.5) is 0 Å². The Bertz CT molecular complexity index is 117. The summed E-state index contributed by atoms with van der Waals surface area (Å²) in [5, 5.41) is 13.6. The molecule has 0 fully saturated rings. The van der Waals surface area contributed by atoms with Crippen molar-refractivity contribution in [3.63, 3.8) is 0 Å². The molecule has 0 rings (SSSR count). The molecule has 18 nitrogen and oxygen atoms in total. The van der Waals surface area contributed by atoms with Gasteiger partial charge in [-0.05, 0) is 0 Å². The lowest BCUT2D eigenvalue weighted by atomic mass is 13.1. The van der Waals surface area contributed by atoms with Crippen LogP contribution in [0.5, 0.6) is 0 Å². The average molecular weight is 367 g/mol. The molecule has 0 bridgehead atoms. The molecule has 24 N–H and O–H groups in total. The van der Waals surface area contributed by atoms with Gasteiger partial charge in [-0.15, -0.1) is 10.1 Å². The summed E-state index contributed by atoms with van der Waals surface area (Å²) in [5.41, 5.74) is 0. The molecular formula is H26MgNO17P. The van der Waals surface area contributed by atoms with E-state index in [9.17, 15) is 0 Å². The second-order valence-corrected chi connectivity index (χ2v) is 1.78. The van der Waals surface area contributed by atoms with Gasteiger partial charge in [0, 0.05) is 0 Å². The zero-order chi connectivity index (χ0) is 8.08. The van der Waals surface area contributed by atoms with Crippen molar-refractivity contribution >= 4 is 30.9 Å². The first-order valence-corrected chi connectivity index (χ1v) is 2.91. The predicted molar refractivity (Wildman–Crippen MR) is 67.7 cm³/mol. The summed E-state index contributed by atoms with van der Waals surface area (Å²) in [6.07, 6.45) is 0. The molecule has 0 radical (unpaired) electrons. The van der Waals surface area contributed by atoms with E-state index in [-0.39, 0.29) is 77.8 Å². The maximum Gasteiger partial charge on any atom is 0.466 e. The summed E-state index contributed by atoms with van der Waals surface area (Å²) in [7, 11) is -4.64. The maximum absolute atomic E-state index is 8.88. The lowest BCUT2D eigenvalue weighted by Crippen LogP contribution is -1.81. The Kier molecular flexibility index (Phi) is 597. The Hall–Kier alpha value is -0.324. The van der Waals surface area contributed by atoms with Crippen LogP contribution in [0.2, 0.25) is 0 Å². The second-order valence-electron chi connectivity index (χ2n) is 0.751. The fourth-order valence-corrected chi connectivity index (χ4v) is 0. The standard InChI is InChI=1S/Mg.HNO3.H3O4P.10H2O.2H/c;2-1(3)4;1-5(2,3)4;;;;;;;;;;;;/h;(H,2,3,4);(H3,1,2,3,4);10*1H2;;. The molecule has 0 spiro atoms. The Balaban J connectivity index is -0.00000000289. The summed E-state index contributed by atoms with van der Waals surface area (Å²) in [4.78, 5) is 29.9. The van der Waals surface area contributed by atoms with Gasteiger partial charge in [-0.1, -0.05) is 0 Å². The third-order valence-corrected chi connectivity index (χ3v) is 0. The molecule has 0 saturated heterocycles. The monoisotopic (exact) mass is 367 g/mol. The van der Waals surface area contributed by atoms with Gasteiger partial charge in [-0.25, -0.2) is 4.57 Å². The second kappa shape index (κ2) is 77.5. The Morgan fingerprint density at radius 3 is 0.700 bits per heavy atom. The van der Waals surface area contributed by atoms with Crippen molar-refractivity contribution in [1.82, 2.24) is 0 Å². The average Bonchev–Trinajstić information content (AvgIpc) is 1.19. The highest BCUT2D eigenvalue weighted by Gasteiger charge is 2.00. The van der Waals surface area contributed by atoms with E-state index in [0.717, 1.165) is 0 Å². The molecule has 140 valence electrons. The number of rotatable bonds is 0. The molecule has 0 aromatic heterocycles. The van der Waals surface area contributed by atoms with Crippen molar-refractivity contribution in [2.24, 2.45) is 0 Å². The molecular weight excluding hydrogens is 341 g/mol. The van der Waals surface area contributed by atoms with Crippen molar-refractivity contribution < 1.29 is 84.3 Å². The molecule has 0 aliphatic carbocycles. The predicted octanol–water partition coefficient (Wildman–Crippen LogP) is -10.4. The summed E-state index contributed by atoms with van der Waals surface area (Å²) in [5.74, 6) is 0. The van der Waals surface area contributed by atoms with Gasteiger partial charge in [0.05, 0.1) is 0 Å². The SMILES string of the molecule is O.O.O.O.O.O.O.O.O.O.O=P(O)(O)O.O=[N+]([O-])O.[MgH2]. The minimum absolute atomic E-state index is 0. The zero-order valence-corrected chi connectivity index (χ0v) is 9.80. The van der Waals surface area contributed by atoms with E-state index in [1.54, 1.807) is 0 Å². The van der Waals surface area contributed by atoms with E-state index in [2.05, 4.69) is 0 Å². The fourth-order valence-electron chi connectivity index (χ4n) is 0. The van der Waals surface area contributed by atoms with Crippen LogP contribution >= 0.6 is 7.82 Å². The molecule has 0 aromatic rings. The van der Waals surface area contributed by atoms with Crippen LogP contribution in [0, 0.1) is 10.1 Å². The Morgan fingerprint density at radius 1 is 0.700 bits per heavy atom. The molecule has 0 atom stereocenters.